The van der Waals surface area contributed by atoms with Crippen molar-refractivity contribution in [1.82, 2.24) is 5.32 Å². The van der Waals surface area contributed by atoms with Crippen LogP contribution in [0.2, 0.25) is 0 Å². The van der Waals surface area contributed by atoms with Gasteiger partial charge in [-0.1, -0.05) is 30.3 Å². The lowest BCUT2D eigenvalue weighted by Crippen LogP contribution is -2.30. The molecule has 138 valence electrons. The van der Waals surface area contributed by atoms with Crippen molar-refractivity contribution in [2.24, 2.45) is 0 Å². The number of hydrogen-bond acceptors (Lipinski definition) is 5. The number of thiophene rings is 1. The van der Waals surface area contributed by atoms with Crippen LogP contribution in [-0.2, 0) is 22.4 Å². The Morgan fingerprint density at radius 2 is 2.00 bits per heavy atom. The normalized spacial score (nSPS) is 13.9. The molecule has 1 aliphatic carbocycles. The standard InChI is InChI=1S/C20H24N2O3S/c1-3-25-20(24)18-15-10-7-11-16(15)26-19(18)22-17(23)12-21-13(2)14-8-5-4-6-9-14/h4-6,8-9,13,21H,3,7,10-12H2,1-2H3,(H,22,23)/t13-/m1/s1. The summed E-state index contributed by atoms with van der Waals surface area (Å²) in [7, 11) is 0. The molecule has 1 amide bonds. The second-order valence-electron chi connectivity index (χ2n) is 6.34. The number of fused-ring (bicyclic) bond motifs is 1. The Morgan fingerprint density at radius 3 is 2.73 bits per heavy atom. The Balaban J connectivity index is 1.65. The minimum absolute atomic E-state index is 0.0693. The number of hydrogen-bond donors (Lipinski definition) is 2. The largest absolute Gasteiger partial charge is 0.462 e. The van der Waals surface area contributed by atoms with Crippen LogP contribution in [0.1, 0.15) is 52.7 Å². The number of carbonyl (C=O) groups is 2. The maximum Gasteiger partial charge on any atom is 0.341 e. The molecule has 5 nitrogen and oxygen atoms in total. The predicted molar refractivity (Wildman–Crippen MR) is 104 cm³/mol. The van der Waals surface area contributed by atoms with Gasteiger partial charge in [0, 0.05) is 10.9 Å². The van der Waals surface area contributed by atoms with Crippen LogP contribution in [0.25, 0.3) is 0 Å². The van der Waals surface area contributed by atoms with E-state index in [4.69, 9.17) is 4.74 Å². The summed E-state index contributed by atoms with van der Waals surface area (Å²) in [5.74, 6) is -0.494. The van der Waals surface area contributed by atoms with E-state index in [-0.39, 0.29) is 24.5 Å². The molecule has 2 N–H and O–H groups in total. The molecule has 0 saturated heterocycles. The third-order valence-corrected chi connectivity index (χ3v) is 5.73. The number of aryl methyl sites for hydroxylation is 1. The molecule has 1 atom stereocenters. The molecule has 0 bridgehead atoms. The lowest BCUT2D eigenvalue weighted by Gasteiger charge is -2.14. The zero-order valence-corrected chi connectivity index (χ0v) is 15.9. The summed E-state index contributed by atoms with van der Waals surface area (Å²) < 4.78 is 5.19. The molecule has 1 aromatic heterocycles. The van der Waals surface area contributed by atoms with Crippen molar-refractivity contribution in [2.45, 2.75) is 39.2 Å². The highest BCUT2D eigenvalue weighted by atomic mass is 32.1. The molecule has 0 unspecified atom stereocenters. The molecule has 1 aromatic carbocycles. The van der Waals surface area contributed by atoms with Gasteiger partial charge in [-0.05, 0) is 44.2 Å². The quantitative estimate of drug-likeness (QED) is 0.727. The second-order valence-corrected chi connectivity index (χ2v) is 7.45. The molecule has 6 heteroatoms. The summed E-state index contributed by atoms with van der Waals surface area (Å²) >= 11 is 1.50. The molecular weight excluding hydrogens is 348 g/mol. The van der Waals surface area contributed by atoms with Gasteiger partial charge in [0.25, 0.3) is 0 Å². The summed E-state index contributed by atoms with van der Waals surface area (Å²) in [5.41, 5.74) is 2.73. The van der Waals surface area contributed by atoms with Crippen LogP contribution in [0.4, 0.5) is 5.00 Å². The molecule has 0 fully saturated rings. The van der Waals surface area contributed by atoms with Gasteiger partial charge in [0.15, 0.2) is 0 Å². The van der Waals surface area contributed by atoms with Crippen LogP contribution < -0.4 is 10.6 Å². The van der Waals surface area contributed by atoms with Crippen molar-refractivity contribution in [3.05, 3.63) is 51.9 Å². The highest BCUT2D eigenvalue weighted by Crippen LogP contribution is 2.39. The molecule has 0 spiro atoms. The summed E-state index contributed by atoms with van der Waals surface area (Å²) in [6.07, 6.45) is 2.89. The number of carbonyl (C=O) groups excluding carboxylic acids is 2. The van der Waals surface area contributed by atoms with E-state index in [1.54, 1.807) is 6.92 Å². The fourth-order valence-corrected chi connectivity index (χ4v) is 4.48. The van der Waals surface area contributed by atoms with Crippen molar-refractivity contribution in [3.8, 4) is 0 Å². The number of ether oxygens (including phenoxy) is 1. The van der Waals surface area contributed by atoms with E-state index in [0.29, 0.717) is 17.2 Å². The number of rotatable bonds is 7. The van der Waals surface area contributed by atoms with Crippen molar-refractivity contribution in [1.29, 1.82) is 0 Å². The number of benzene rings is 1. The van der Waals surface area contributed by atoms with Gasteiger partial charge < -0.3 is 15.4 Å². The highest BCUT2D eigenvalue weighted by Gasteiger charge is 2.28. The summed E-state index contributed by atoms with van der Waals surface area (Å²) in [6.45, 7) is 4.32. The molecule has 0 saturated carbocycles. The molecule has 0 aliphatic heterocycles. The monoisotopic (exact) mass is 372 g/mol. The first-order valence-electron chi connectivity index (χ1n) is 9.00. The van der Waals surface area contributed by atoms with E-state index < -0.39 is 0 Å². The molecular formula is C20H24N2O3S. The topological polar surface area (TPSA) is 67.4 Å². The highest BCUT2D eigenvalue weighted by molar-refractivity contribution is 7.17. The smallest absolute Gasteiger partial charge is 0.341 e. The van der Waals surface area contributed by atoms with Gasteiger partial charge in [0.1, 0.15) is 5.00 Å². The maximum atomic E-state index is 12.4. The second kappa shape index (κ2) is 8.47. The SMILES string of the molecule is CCOC(=O)c1c(NC(=O)CN[C@H](C)c2ccccc2)sc2c1CCC2. The average molecular weight is 372 g/mol. The van der Waals surface area contributed by atoms with E-state index in [0.717, 1.165) is 30.4 Å². The number of nitrogens with one attached hydrogen (secondary N) is 2. The Kier molecular flexibility index (Phi) is 6.06. The van der Waals surface area contributed by atoms with Gasteiger partial charge in [0.05, 0.1) is 18.7 Å². The van der Waals surface area contributed by atoms with Gasteiger partial charge in [-0.15, -0.1) is 11.3 Å². The van der Waals surface area contributed by atoms with Crippen LogP contribution in [0.15, 0.2) is 30.3 Å². The summed E-state index contributed by atoms with van der Waals surface area (Å²) in [4.78, 5) is 25.9. The van der Waals surface area contributed by atoms with Crippen LogP contribution in [-0.4, -0.2) is 25.0 Å². The van der Waals surface area contributed by atoms with Crippen molar-refractivity contribution < 1.29 is 14.3 Å². The Morgan fingerprint density at radius 1 is 1.23 bits per heavy atom. The van der Waals surface area contributed by atoms with Crippen molar-refractivity contribution >= 4 is 28.2 Å². The Labute approximate surface area is 157 Å². The third-order valence-electron chi connectivity index (χ3n) is 4.52. The fraction of sp³-hybridized carbons (Fsp3) is 0.400. The first kappa shape index (κ1) is 18.6. The van der Waals surface area contributed by atoms with Crippen molar-refractivity contribution in [3.63, 3.8) is 0 Å². The minimum Gasteiger partial charge on any atom is -0.462 e. The fourth-order valence-electron chi connectivity index (χ4n) is 3.19. The van der Waals surface area contributed by atoms with Gasteiger partial charge in [-0.2, -0.15) is 0 Å². The molecule has 2 aromatic rings. The van der Waals surface area contributed by atoms with Crippen molar-refractivity contribution in [2.75, 3.05) is 18.5 Å². The van der Waals surface area contributed by atoms with Crippen LogP contribution >= 0.6 is 11.3 Å². The lowest BCUT2D eigenvalue weighted by molar-refractivity contribution is -0.115. The third kappa shape index (κ3) is 4.14. The van der Waals surface area contributed by atoms with E-state index in [1.807, 2.05) is 37.3 Å². The van der Waals surface area contributed by atoms with E-state index in [2.05, 4.69) is 10.6 Å². The van der Waals surface area contributed by atoms with E-state index in [9.17, 15) is 9.59 Å². The van der Waals surface area contributed by atoms with Gasteiger partial charge in [-0.25, -0.2) is 4.79 Å². The maximum absolute atomic E-state index is 12.4. The first-order valence-corrected chi connectivity index (χ1v) is 9.81. The number of amides is 1. The van der Waals surface area contributed by atoms with Gasteiger partial charge in [0.2, 0.25) is 5.91 Å². The van der Waals surface area contributed by atoms with Crippen LogP contribution in [0.3, 0.4) is 0 Å². The predicted octanol–water partition coefficient (Wildman–Crippen LogP) is 3.70. The van der Waals surface area contributed by atoms with E-state index in [1.165, 1.54) is 16.2 Å². The molecule has 1 aliphatic rings. The summed E-state index contributed by atoms with van der Waals surface area (Å²) in [5, 5.41) is 6.74. The molecule has 3 rings (SSSR count). The minimum atomic E-state index is -0.340. The zero-order valence-electron chi connectivity index (χ0n) is 15.1. The molecule has 1 heterocycles. The lowest BCUT2D eigenvalue weighted by atomic mass is 10.1. The molecule has 0 radical (unpaired) electrons. The van der Waals surface area contributed by atoms with E-state index >= 15 is 0 Å². The Bertz CT molecular complexity index is 786. The van der Waals surface area contributed by atoms with Gasteiger partial charge >= 0.3 is 5.97 Å². The van der Waals surface area contributed by atoms with Crippen LogP contribution in [0, 0.1) is 0 Å². The van der Waals surface area contributed by atoms with Crippen LogP contribution in [0.5, 0.6) is 0 Å². The number of esters is 1. The first-order chi connectivity index (χ1) is 12.6. The molecule has 26 heavy (non-hydrogen) atoms. The van der Waals surface area contributed by atoms with Gasteiger partial charge in [-0.3, -0.25) is 4.79 Å². The zero-order chi connectivity index (χ0) is 18.5. The Hall–Kier alpha value is -2.18. The number of anilines is 1. The summed E-state index contributed by atoms with van der Waals surface area (Å²) in [6, 6.07) is 10.0. The average Bonchev–Trinajstić information content (AvgIpc) is 3.21.